The monoisotopic (exact) mass is 309 g/mol. The molecule has 0 unspecified atom stereocenters. The van der Waals surface area contributed by atoms with Gasteiger partial charge in [0.2, 0.25) is 5.89 Å². The van der Waals surface area contributed by atoms with E-state index in [1.165, 1.54) is 24.3 Å². The molecule has 0 fully saturated rings. The van der Waals surface area contributed by atoms with E-state index < -0.39 is 0 Å². The van der Waals surface area contributed by atoms with E-state index in [9.17, 15) is 0 Å². The molecular formula is C18H31NOS. The standard InChI is InChI=1S/C18H31NOS/c1-17(2,3)14-21-12-10-8-7-9-11-16-19-13-15(20-16)18(4,5)6/h9,11,13H,7-8,10,12,14H2,1-6H3/b11-9+. The summed E-state index contributed by atoms with van der Waals surface area (Å²) in [4.78, 5) is 4.30. The summed E-state index contributed by atoms with van der Waals surface area (Å²) in [7, 11) is 0. The Kier molecular flexibility index (Phi) is 7.05. The molecular weight excluding hydrogens is 278 g/mol. The molecule has 120 valence electrons. The van der Waals surface area contributed by atoms with Gasteiger partial charge in [-0.05, 0) is 42.3 Å². The molecule has 0 atom stereocenters. The van der Waals surface area contributed by atoms with E-state index in [-0.39, 0.29) is 5.41 Å². The molecule has 0 aliphatic rings. The van der Waals surface area contributed by atoms with Crippen molar-refractivity contribution in [2.75, 3.05) is 11.5 Å². The molecule has 0 aliphatic heterocycles. The van der Waals surface area contributed by atoms with Crippen molar-refractivity contribution in [3.8, 4) is 0 Å². The lowest BCUT2D eigenvalue weighted by Gasteiger charge is -2.16. The predicted octanol–water partition coefficient (Wildman–Crippen LogP) is 5.93. The van der Waals surface area contributed by atoms with Crippen molar-refractivity contribution in [2.45, 2.75) is 66.2 Å². The zero-order chi connectivity index (χ0) is 15.9. The second-order valence-corrected chi connectivity index (χ2v) is 8.93. The first kappa shape index (κ1) is 18.3. The molecule has 0 amide bonds. The van der Waals surface area contributed by atoms with Gasteiger partial charge in [0, 0.05) is 5.41 Å². The van der Waals surface area contributed by atoms with Gasteiger partial charge < -0.3 is 4.42 Å². The highest BCUT2D eigenvalue weighted by Crippen LogP contribution is 2.23. The van der Waals surface area contributed by atoms with Crippen LogP contribution < -0.4 is 0 Å². The lowest BCUT2D eigenvalue weighted by atomic mass is 9.94. The van der Waals surface area contributed by atoms with Crippen LogP contribution in [0, 0.1) is 5.41 Å². The Morgan fingerprint density at radius 3 is 2.43 bits per heavy atom. The van der Waals surface area contributed by atoms with Crippen LogP contribution in [-0.4, -0.2) is 16.5 Å². The Morgan fingerprint density at radius 2 is 1.86 bits per heavy atom. The van der Waals surface area contributed by atoms with Gasteiger partial charge in [-0.2, -0.15) is 11.8 Å². The van der Waals surface area contributed by atoms with Crippen LogP contribution in [0.4, 0.5) is 0 Å². The molecule has 0 bridgehead atoms. The Balaban J connectivity index is 2.17. The molecule has 0 saturated carbocycles. The number of rotatable bonds is 7. The van der Waals surface area contributed by atoms with Gasteiger partial charge in [0.15, 0.2) is 0 Å². The van der Waals surface area contributed by atoms with Gasteiger partial charge in [-0.25, -0.2) is 4.98 Å². The smallest absolute Gasteiger partial charge is 0.218 e. The molecule has 0 aromatic carbocycles. The summed E-state index contributed by atoms with van der Waals surface area (Å²) in [5, 5.41) is 0. The largest absolute Gasteiger partial charge is 0.441 e. The Hall–Kier alpha value is -0.700. The molecule has 0 aliphatic carbocycles. The van der Waals surface area contributed by atoms with Crippen LogP contribution in [0.1, 0.15) is 72.5 Å². The van der Waals surface area contributed by atoms with Crippen LogP contribution in [0.25, 0.3) is 6.08 Å². The summed E-state index contributed by atoms with van der Waals surface area (Å²) in [5.74, 6) is 4.18. The lowest BCUT2D eigenvalue weighted by Crippen LogP contribution is -2.09. The van der Waals surface area contributed by atoms with E-state index in [4.69, 9.17) is 4.42 Å². The average molecular weight is 310 g/mol. The topological polar surface area (TPSA) is 26.0 Å². The van der Waals surface area contributed by atoms with Crippen molar-refractivity contribution in [1.82, 2.24) is 4.98 Å². The van der Waals surface area contributed by atoms with Gasteiger partial charge in [0.25, 0.3) is 0 Å². The minimum Gasteiger partial charge on any atom is -0.441 e. The summed E-state index contributed by atoms with van der Waals surface area (Å²) in [6, 6.07) is 0. The molecule has 1 heterocycles. The summed E-state index contributed by atoms with van der Waals surface area (Å²) in [6.45, 7) is 13.3. The highest BCUT2D eigenvalue weighted by atomic mass is 32.2. The Morgan fingerprint density at radius 1 is 1.14 bits per heavy atom. The number of aromatic nitrogens is 1. The van der Waals surface area contributed by atoms with Gasteiger partial charge >= 0.3 is 0 Å². The number of thioether (sulfide) groups is 1. The van der Waals surface area contributed by atoms with Crippen molar-refractivity contribution in [2.24, 2.45) is 5.41 Å². The van der Waals surface area contributed by atoms with Crippen LogP contribution in [0.5, 0.6) is 0 Å². The first-order valence-corrected chi connectivity index (χ1v) is 9.04. The van der Waals surface area contributed by atoms with Gasteiger partial charge in [-0.15, -0.1) is 0 Å². The van der Waals surface area contributed by atoms with Crippen LogP contribution in [0.15, 0.2) is 16.7 Å². The molecule has 0 saturated heterocycles. The number of oxazole rings is 1. The van der Waals surface area contributed by atoms with Crippen molar-refractivity contribution in [1.29, 1.82) is 0 Å². The third-order valence-corrected chi connectivity index (χ3v) is 4.62. The zero-order valence-corrected chi connectivity index (χ0v) is 15.3. The van der Waals surface area contributed by atoms with Crippen LogP contribution in [-0.2, 0) is 5.41 Å². The van der Waals surface area contributed by atoms with Crippen molar-refractivity contribution in [3.05, 3.63) is 23.9 Å². The molecule has 21 heavy (non-hydrogen) atoms. The predicted molar refractivity (Wildman–Crippen MR) is 94.9 cm³/mol. The minimum atomic E-state index is 0.0311. The molecule has 0 radical (unpaired) electrons. The maximum absolute atomic E-state index is 5.73. The van der Waals surface area contributed by atoms with E-state index in [0.717, 1.165) is 18.1 Å². The normalized spacial score (nSPS) is 13.2. The second kappa shape index (κ2) is 8.07. The lowest BCUT2D eigenvalue weighted by molar-refractivity contribution is 0.403. The van der Waals surface area contributed by atoms with Gasteiger partial charge in [0.1, 0.15) is 5.76 Å². The molecule has 1 aromatic rings. The number of hydrogen-bond acceptors (Lipinski definition) is 3. The quantitative estimate of drug-likeness (QED) is 0.583. The van der Waals surface area contributed by atoms with Crippen molar-refractivity contribution in [3.63, 3.8) is 0 Å². The Labute approximate surface area is 134 Å². The summed E-state index contributed by atoms with van der Waals surface area (Å²) >= 11 is 2.07. The summed E-state index contributed by atoms with van der Waals surface area (Å²) < 4.78 is 5.73. The Bertz CT molecular complexity index is 435. The fourth-order valence-corrected chi connectivity index (χ4v) is 2.91. The maximum atomic E-state index is 5.73. The molecule has 0 N–H and O–H groups in total. The van der Waals surface area contributed by atoms with Gasteiger partial charge in [-0.1, -0.05) is 47.6 Å². The first-order valence-electron chi connectivity index (χ1n) is 7.89. The van der Waals surface area contributed by atoms with Crippen LogP contribution in [0.2, 0.25) is 0 Å². The molecule has 3 heteroatoms. The number of unbranched alkanes of at least 4 members (excludes halogenated alkanes) is 2. The minimum absolute atomic E-state index is 0.0311. The highest BCUT2D eigenvalue weighted by Gasteiger charge is 2.18. The molecule has 1 aromatic heterocycles. The second-order valence-electron chi connectivity index (χ2n) is 7.82. The number of hydrogen-bond donors (Lipinski definition) is 0. The fraction of sp³-hybridized carbons (Fsp3) is 0.722. The first-order chi connectivity index (χ1) is 9.68. The summed E-state index contributed by atoms with van der Waals surface area (Å²) in [5.41, 5.74) is 0.476. The summed E-state index contributed by atoms with van der Waals surface area (Å²) in [6.07, 6.45) is 9.63. The number of allylic oxidation sites excluding steroid dienone is 1. The third kappa shape index (κ3) is 8.35. The number of nitrogens with zero attached hydrogens (tertiary/aromatic N) is 1. The van der Waals surface area contributed by atoms with Crippen molar-refractivity contribution < 1.29 is 4.42 Å². The highest BCUT2D eigenvalue weighted by molar-refractivity contribution is 7.99. The van der Waals surface area contributed by atoms with E-state index in [1.54, 1.807) is 0 Å². The SMILES string of the molecule is CC(C)(C)CSCCCC/C=C/c1ncc(C(C)(C)C)o1. The van der Waals surface area contributed by atoms with E-state index in [0.29, 0.717) is 5.41 Å². The van der Waals surface area contributed by atoms with Crippen molar-refractivity contribution >= 4 is 17.8 Å². The molecule has 0 spiro atoms. The van der Waals surface area contributed by atoms with E-state index >= 15 is 0 Å². The maximum Gasteiger partial charge on any atom is 0.218 e. The zero-order valence-electron chi connectivity index (χ0n) is 14.5. The third-order valence-electron chi connectivity index (χ3n) is 2.97. The van der Waals surface area contributed by atoms with Gasteiger partial charge in [0.05, 0.1) is 6.20 Å². The average Bonchev–Trinajstić information content (AvgIpc) is 2.79. The van der Waals surface area contributed by atoms with Crippen LogP contribution >= 0.6 is 11.8 Å². The molecule has 2 nitrogen and oxygen atoms in total. The van der Waals surface area contributed by atoms with E-state index in [2.05, 4.69) is 64.4 Å². The van der Waals surface area contributed by atoms with Gasteiger partial charge in [-0.3, -0.25) is 0 Å². The van der Waals surface area contributed by atoms with E-state index in [1.807, 2.05) is 12.3 Å². The fourth-order valence-electron chi connectivity index (χ4n) is 1.74. The van der Waals surface area contributed by atoms with Crippen LogP contribution in [0.3, 0.4) is 0 Å². The molecule has 1 rings (SSSR count).